The number of nitrogens with one attached hydrogen (secondary N) is 1. The molecule has 0 aliphatic carbocycles. The number of amides is 1. The lowest BCUT2D eigenvalue weighted by atomic mass is 10.1. The van der Waals surface area contributed by atoms with Gasteiger partial charge >= 0.3 is 0 Å². The number of thioether (sulfide) groups is 1. The maximum Gasteiger partial charge on any atom is 0.262 e. The molecule has 3 aromatic rings. The number of carbonyl (C=O) groups is 1. The van der Waals surface area contributed by atoms with Crippen molar-refractivity contribution in [3.63, 3.8) is 0 Å². The molecule has 1 aromatic carbocycles. The summed E-state index contributed by atoms with van der Waals surface area (Å²) in [6.07, 6.45) is 2.53. The molecule has 0 radical (unpaired) electrons. The first-order chi connectivity index (χ1) is 14.3. The molecule has 1 unspecified atom stereocenters. The van der Waals surface area contributed by atoms with Crippen LogP contribution in [0.2, 0.25) is 0 Å². The fourth-order valence-electron chi connectivity index (χ4n) is 3.09. The number of rotatable bonds is 8. The molecule has 1 N–H and O–H groups in total. The summed E-state index contributed by atoms with van der Waals surface area (Å²) in [7, 11) is 0. The number of benzene rings is 1. The van der Waals surface area contributed by atoms with Gasteiger partial charge in [0.15, 0.2) is 5.16 Å². The minimum atomic E-state index is -0.432. The van der Waals surface area contributed by atoms with Crippen LogP contribution >= 0.6 is 11.8 Å². The van der Waals surface area contributed by atoms with Gasteiger partial charge in [-0.05, 0) is 45.2 Å². The Morgan fingerprint density at radius 2 is 1.87 bits per heavy atom. The van der Waals surface area contributed by atoms with Crippen molar-refractivity contribution in [3.05, 3.63) is 46.9 Å². The van der Waals surface area contributed by atoms with Gasteiger partial charge in [-0.2, -0.15) is 5.10 Å². The Kier molecular flexibility index (Phi) is 6.97. The van der Waals surface area contributed by atoms with E-state index in [0.717, 1.165) is 6.42 Å². The fraction of sp³-hybridized carbons (Fsp3) is 0.455. The van der Waals surface area contributed by atoms with Crippen LogP contribution in [0.1, 0.15) is 47.1 Å². The second kappa shape index (κ2) is 9.47. The highest BCUT2D eigenvalue weighted by Crippen LogP contribution is 2.24. The molecule has 0 aliphatic heterocycles. The van der Waals surface area contributed by atoms with E-state index in [9.17, 15) is 9.59 Å². The predicted molar refractivity (Wildman–Crippen MR) is 122 cm³/mol. The predicted octanol–water partition coefficient (Wildman–Crippen LogP) is 4.34. The molecule has 2 aromatic heterocycles. The zero-order chi connectivity index (χ0) is 21.8. The fourth-order valence-corrected chi connectivity index (χ4v) is 4.02. The van der Waals surface area contributed by atoms with E-state index in [4.69, 9.17) is 4.98 Å². The smallest absolute Gasteiger partial charge is 0.262 e. The minimum Gasteiger partial charge on any atom is -0.310 e. The van der Waals surface area contributed by atoms with Crippen molar-refractivity contribution < 1.29 is 4.79 Å². The molecule has 2 heterocycles. The maximum absolute atomic E-state index is 13.1. The number of aromatic nitrogens is 4. The van der Waals surface area contributed by atoms with Gasteiger partial charge in [-0.3, -0.25) is 14.2 Å². The van der Waals surface area contributed by atoms with Crippen LogP contribution < -0.4 is 10.9 Å². The Morgan fingerprint density at radius 3 is 2.57 bits per heavy atom. The number of hydrogen-bond donors (Lipinski definition) is 1. The lowest BCUT2D eigenvalue weighted by Crippen LogP contribution is -2.28. The van der Waals surface area contributed by atoms with Crippen LogP contribution in [0.4, 0.5) is 5.82 Å². The third-order valence-corrected chi connectivity index (χ3v) is 5.91. The number of anilines is 1. The Balaban J connectivity index is 1.87. The number of nitrogens with zero attached hydrogens (tertiary/aromatic N) is 4. The molecule has 160 valence electrons. The lowest BCUT2D eigenvalue weighted by Gasteiger charge is -2.18. The topological polar surface area (TPSA) is 81.8 Å². The number of para-hydroxylation sites is 1. The molecule has 7 nitrogen and oxygen atoms in total. The van der Waals surface area contributed by atoms with Gasteiger partial charge in [0.05, 0.1) is 22.3 Å². The highest BCUT2D eigenvalue weighted by Gasteiger charge is 2.21. The molecule has 0 bridgehead atoms. The van der Waals surface area contributed by atoms with Crippen LogP contribution in [-0.4, -0.2) is 30.5 Å². The summed E-state index contributed by atoms with van der Waals surface area (Å²) in [6.45, 7) is 10.7. The van der Waals surface area contributed by atoms with E-state index in [1.807, 2.05) is 39.0 Å². The first kappa shape index (κ1) is 22.1. The van der Waals surface area contributed by atoms with E-state index in [-0.39, 0.29) is 17.5 Å². The number of fused-ring (bicyclic) bond motifs is 1. The molecule has 1 atom stereocenters. The average Bonchev–Trinajstić information content (AvgIpc) is 3.16. The second-order valence-electron chi connectivity index (χ2n) is 8.05. The SMILES string of the molecule is CC(C)CCn1c(SC(C)C(=O)Nc2ccnn2C(C)C)nc2ccccc2c1=O. The van der Waals surface area contributed by atoms with E-state index in [0.29, 0.717) is 34.3 Å². The Hall–Kier alpha value is -2.61. The summed E-state index contributed by atoms with van der Waals surface area (Å²) in [6, 6.07) is 9.27. The summed E-state index contributed by atoms with van der Waals surface area (Å²) >= 11 is 1.31. The van der Waals surface area contributed by atoms with Crippen LogP contribution in [-0.2, 0) is 11.3 Å². The van der Waals surface area contributed by atoms with Crippen LogP contribution in [0.5, 0.6) is 0 Å². The molecule has 8 heteroatoms. The van der Waals surface area contributed by atoms with E-state index in [1.165, 1.54) is 11.8 Å². The zero-order valence-corrected chi connectivity index (χ0v) is 18.9. The molecule has 0 saturated heterocycles. The second-order valence-corrected chi connectivity index (χ2v) is 9.36. The molecule has 0 aliphatic rings. The molecule has 0 spiro atoms. The van der Waals surface area contributed by atoms with Crippen molar-refractivity contribution in [2.24, 2.45) is 5.92 Å². The van der Waals surface area contributed by atoms with Crippen LogP contribution in [0, 0.1) is 5.92 Å². The van der Waals surface area contributed by atoms with Gasteiger partial charge in [0.1, 0.15) is 5.82 Å². The first-order valence-corrected chi connectivity index (χ1v) is 11.2. The van der Waals surface area contributed by atoms with Crippen LogP contribution in [0.25, 0.3) is 10.9 Å². The third kappa shape index (κ3) is 4.92. The molecule has 1 amide bonds. The maximum atomic E-state index is 13.1. The van der Waals surface area contributed by atoms with Crippen molar-refractivity contribution in [1.29, 1.82) is 0 Å². The van der Waals surface area contributed by atoms with Crippen LogP contribution in [0.15, 0.2) is 46.5 Å². The van der Waals surface area contributed by atoms with Crippen molar-refractivity contribution in [2.45, 2.75) is 64.0 Å². The lowest BCUT2D eigenvalue weighted by molar-refractivity contribution is -0.115. The van der Waals surface area contributed by atoms with E-state index in [1.54, 1.807) is 27.6 Å². The van der Waals surface area contributed by atoms with E-state index >= 15 is 0 Å². The summed E-state index contributed by atoms with van der Waals surface area (Å²) < 4.78 is 3.47. The quantitative estimate of drug-likeness (QED) is 0.427. The largest absolute Gasteiger partial charge is 0.310 e. The minimum absolute atomic E-state index is 0.0609. The van der Waals surface area contributed by atoms with E-state index in [2.05, 4.69) is 24.3 Å². The van der Waals surface area contributed by atoms with Crippen molar-refractivity contribution in [2.75, 3.05) is 5.32 Å². The van der Waals surface area contributed by atoms with Gasteiger partial charge in [0, 0.05) is 18.7 Å². The van der Waals surface area contributed by atoms with Gasteiger partial charge in [0.25, 0.3) is 5.56 Å². The number of hydrogen-bond acceptors (Lipinski definition) is 5. The Bertz CT molecular complexity index is 1090. The zero-order valence-electron chi connectivity index (χ0n) is 18.1. The van der Waals surface area contributed by atoms with Gasteiger partial charge in [-0.15, -0.1) is 0 Å². The normalized spacial score (nSPS) is 12.6. The molecule has 30 heavy (non-hydrogen) atoms. The molecular formula is C22H29N5O2S. The highest BCUT2D eigenvalue weighted by molar-refractivity contribution is 8.00. The molecule has 0 fully saturated rings. The molecular weight excluding hydrogens is 398 g/mol. The van der Waals surface area contributed by atoms with Crippen molar-refractivity contribution in [1.82, 2.24) is 19.3 Å². The monoisotopic (exact) mass is 427 g/mol. The average molecular weight is 428 g/mol. The highest BCUT2D eigenvalue weighted by atomic mass is 32.2. The van der Waals surface area contributed by atoms with Gasteiger partial charge in [-0.25, -0.2) is 9.67 Å². The molecule has 0 saturated carbocycles. The van der Waals surface area contributed by atoms with Crippen molar-refractivity contribution >= 4 is 34.4 Å². The summed E-state index contributed by atoms with van der Waals surface area (Å²) in [5.41, 5.74) is 0.588. The number of carbonyl (C=O) groups excluding carboxylic acids is 1. The standard InChI is InChI=1S/C22H29N5O2S/c1-14(2)11-13-26-21(29)17-8-6-7-9-18(17)24-22(26)30-16(5)20(28)25-19-10-12-23-27(19)15(3)4/h6-10,12,14-16H,11,13H2,1-5H3,(H,25,28). The Morgan fingerprint density at radius 1 is 1.13 bits per heavy atom. The van der Waals surface area contributed by atoms with Gasteiger partial charge < -0.3 is 5.32 Å². The first-order valence-electron chi connectivity index (χ1n) is 10.3. The summed E-state index contributed by atoms with van der Waals surface area (Å²) in [5.74, 6) is 0.963. The summed E-state index contributed by atoms with van der Waals surface area (Å²) in [4.78, 5) is 30.6. The third-order valence-electron chi connectivity index (χ3n) is 4.82. The van der Waals surface area contributed by atoms with Crippen LogP contribution in [0.3, 0.4) is 0 Å². The summed E-state index contributed by atoms with van der Waals surface area (Å²) in [5, 5.41) is 7.93. The van der Waals surface area contributed by atoms with Crippen molar-refractivity contribution in [3.8, 4) is 0 Å². The molecule has 3 rings (SSSR count). The van der Waals surface area contributed by atoms with Gasteiger partial charge in [-0.1, -0.05) is 37.7 Å². The van der Waals surface area contributed by atoms with E-state index < -0.39 is 5.25 Å². The Labute approximate surface area is 180 Å². The van der Waals surface area contributed by atoms with Gasteiger partial charge in [0.2, 0.25) is 5.91 Å².